The predicted octanol–water partition coefficient (Wildman–Crippen LogP) is -0.632. The molecule has 150 valence electrons. The average Bonchev–Trinajstić information content (AvgIpc) is 2.58. The zero-order chi connectivity index (χ0) is 20.6. The molecule has 0 bridgehead atoms. The molecule has 0 spiro atoms. The van der Waals surface area contributed by atoms with E-state index in [9.17, 15) is 31.5 Å². The van der Waals surface area contributed by atoms with Gasteiger partial charge in [0, 0.05) is 5.92 Å². The fourth-order valence-corrected chi connectivity index (χ4v) is 8.46. The minimum Gasteiger partial charge on any atom is -0.504 e. The van der Waals surface area contributed by atoms with Gasteiger partial charge in [-0.2, -0.15) is 0 Å². The van der Waals surface area contributed by atoms with Crippen LogP contribution in [0.1, 0.15) is 11.5 Å². The molecule has 12 heteroatoms. The van der Waals surface area contributed by atoms with Gasteiger partial charge in [0.15, 0.2) is 46.8 Å². The number of esters is 2. The number of sulfone groups is 2. The summed E-state index contributed by atoms with van der Waals surface area (Å²) < 4.78 is 64.2. The van der Waals surface area contributed by atoms with E-state index in [1.807, 2.05) is 0 Å². The maximum Gasteiger partial charge on any atom is 0.324 e. The zero-order valence-electron chi connectivity index (χ0n) is 14.6. The van der Waals surface area contributed by atoms with E-state index in [1.54, 1.807) is 0 Å². The molecule has 1 aromatic carbocycles. The molecule has 1 saturated heterocycles. The quantitative estimate of drug-likeness (QED) is 0.621. The van der Waals surface area contributed by atoms with Gasteiger partial charge in [0.25, 0.3) is 0 Å². The number of aromatic hydroxyl groups is 1. The van der Waals surface area contributed by atoms with Crippen LogP contribution in [0.2, 0.25) is 0 Å². The van der Waals surface area contributed by atoms with Gasteiger partial charge in [-0.05, 0) is 17.7 Å². The SMILES string of the molecule is COC(=O)C1C(c2ccc(O)c(OC)c2)C(C(=O)OC)S(=O)(=O)CS1(=O)=O. The van der Waals surface area contributed by atoms with E-state index in [2.05, 4.69) is 9.47 Å². The highest BCUT2D eigenvalue weighted by Crippen LogP contribution is 2.41. The minimum absolute atomic E-state index is 0.0256. The third-order valence-corrected chi connectivity index (χ3v) is 9.36. The van der Waals surface area contributed by atoms with Crippen molar-refractivity contribution in [3.8, 4) is 11.5 Å². The number of phenolic OH excluding ortho intramolecular Hbond substituents is 1. The van der Waals surface area contributed by atoms with Gasteiger partial charge in [-0.15, -0.1) is 0 Å². The van der Waals surface area contributed by atoms with Crippen LogP contribution >= 0.6 is 0 Å². The summed E-state index contributed by atoms with van der Waals surface area (Å²) in [5.41, 5.74) is -0.0256. The van der Waals surface area contributed by atoms with E-state index >= 15 is 0 Å². The topological polar surface area (TPSA) is 150 Å². The molecule has 2 rings (SSSR count). The van der Waals surface area contributed by atoms with Crippen LogP contribution in [0.5, 0.6) is 11.5 Å². The normalized spacial score (nSPS) is 26.0. The Labute approximate surface area is 155 Å². The van der Waals surface area contributed by atoms with Crippen molar-refractivity contribution in [1.82, 2.24) is 0 Å². The summed E-state index contributed by atoms with van der Waals surface area (Å²) in [5.74, 6) is -4.47. The summed E-state index contributed by atoms with van der Waals surface area (Å²) >= 11 is 0. The maximum atomic E-state index is 12.5. The number of hydrogen-bond acceptors (Lipinski definition) is 10. The van der Waals surface area contributed by atoms with E-state index in [0.29, 0.717) is 0 Å². The molecule has 1 N–H and O–H groups in total. The summed E-state index contributed by atoms with van der Waals surface area (Å²) in [7, 11) is -5.92. The van der Waals surface area contributed by atoms with E-state index in [4.69, 9.17) is 4.74 Å². The van der Waals surface area contributed by atoms with Gasteiger partial charge >= 0.3 is 11.9 Å². The first-order valence-corrected chi connectivity index (χ1v) is 10.9. The second kappa shape index (κ2) is 7.35. The van der Waals surface area contributed by atoms with Gasteiger partial charge in [0.05, 0.1) is 21.3 Å². The van der Waals surface area contributed by atoms with Gasteiger partial charge in [-0.25, -0.2) is 16.8 Å². The van der Waals surface area contributed by atoms with E-state index in [0.717, 1.165) is 26.4 Å². The lowest BCUT2D eigenvalue weighted by Gasteiger charge is -2.34. The fraction of sp³-hybridized carbons (Fsp3) is 0.467. The van der Waals surface area contributed by atoms with E-state index in [-0.39, 0.29) is 17.1 Å². The summed E-state index contributed by atoms with van der Waals surface area (Å²) in [5, 5.41) is 4.43. The molecule has 0 radical (unpaired) electrons. The first-order valence-electron chi connectivity index (χ1n) is 7.46. The Balaban J connectivity index is 2.83. The highest BCUT2D eigenvalue weighted by Gasteiger charge is 2.58. The molecule has 1 aromatic rings. The third kappa shape index (κ3) is 3.72. The number of ether oxygens (including phenoxy) is 3. The lowest BCUT2D eigenvalue weighted by Crippen LogP contribution is -2.55. The Bertz CT molecular complexity index is 912. The summed E-state index contributed by atoms with van der Waals surface area (Å²) in [6, 6.07) is 3.48. The molecular formula is C15H18O10S2. The number of methoxy groups -OCH3 is 3. The molecule has 2 atom stereocenters. The van der Waals surface area contributed by atoms with Gasteiger partial charge in [-0.1, -0.05) is 6.07 Å². The highest BCUT2D eigenvalue weighted by atomic mass is 32.3. The monoisotopic (exact) mass is 422 g/mol. The van der Waals surface area contributed by atoms with E-state index < -0.39 is 53.1 Å². The number of benzene rings is 1. The number of hydrogen-bond donors (Lipinski definition) is 1. The first kappa shape index (κ1) is 21.0. The van der Waals surface area contributed by atoms with Crippen LogP contribution in [0.4, 0.5) is 0 Å². The number of phenols is 1. The fourth-order valence-electron chi connectivity index (χ4n) is 3.05. The van der Waals surface area contributed by atoms with Crippen molar-refractivity contribution in [2.45, 2.75) is 16.4 Å². The van der Waals surface area contributed by atoms with Crippen molar-refractivity contribution in [3.05, 3.63) is 23.8 Å². The molecule has 1 aliphatic heterocycles. The Kier molecular flexibility index (Phi) is 5.71. The summed E-state index contributed by atoms with van der Waals surface area (Å²) in [6.07, 6.45) is 0. The van der Waals surface area contributed by atoms with Crippen LogP contribution in [-0.2, 0) is 38.7 Å². The second-order valence-electron chi connectivity index (χ2n) is 5.79. The van der Waals surface area contributed by atoms with Crippen LogP contribution in [0, 0.1) is 0 Å². The molecule has 0 amide bonds. The van der Waals surface area contributed by atoms with Crippen molar-refractivity contribution >= 4 is 31.6 Å². The number of rotatable bonds is 4. The van der Waals surface area contributed by atoms with Crippen molar-refractivity contribution in [2.75, 3.05) is 26.4 Å². The van der Waals surface area contributed by atoms with Gasteiger partial charge in [-0.3, -0.25) is 9.59 Å². The zero-order valence-corrected chi connectivity index (χ0v) is 16.2. The summed E-state index contributed by atoms with van der Waals surface area (Å²) in [4.78, 5) is 24.5. The van der Waals surface area contributed by atoms with Crippen LogP contribution in [0.3, 0.4) is 0 Å². The van der Waals surface area contributed by atoms with Gasteiger partial charge in [0.1, 0.15) is 0 Å². The highest BCUT2D eigenvalue weighted by molar-refractivity contribution is 8.10. The molecule has 0 saturated carbocycles. The van der Waals surface area contributed by atoms with Crippen molar-refractivity contribution in [1.29, 1.82) is 0 Å². The van der Waals surface area contributed by atoms with Crippen LogP contribution in [-0.4, -0.2) is 70.8 Å². The van der Waals surface area contributed by atoms with E-state index in [1.165, 1.54) is 13.2 Å². The minimum atomic E-state index is -4.52. The van der Waals surface area contributed by atoms with Crippen LogP contribution in [0.15, 0.2) is 18.2 Å². The van der Waals surface area contributed by atoms with Gasteiger partial charge < -0.3 is 19.3 Å². The van der Waals surface area contributed by atoms with Crippen molar-refractivity contribution in [2.24, 2.45) is 0 Å². The molecule has 2 unspecified atom stereocenters. The number of carbonyl (C=O) groups is 2. The molecule has 0 aliphatic carbocycles. The van der Waals surface area contributed by atoms with Gasteiger partial charge in [0.2, 0.25) is 0 Å². The maximum absolute atomic E-state index is 12.5. The van der Waals surface area contributed by atoms with Crippen LogP contribution < -0.4 is 4.74 Å². The molecule has 1 heterocycles. The Morgan fingerprint density at radius 2 is 1.44 bits per heavy atom. The number of carbonyl (C=O) groups excluding carboxylic acids is 2. The first-order chi connectivity index (χ1) is 12.5. The molecule has 1 fully saturated rings. The summed E-state index contributed by atoms with van der Waals surface area (Å²) in [6.45, 7) is 0. The molecule has 27 heavy (non-hydrogen) atoms. The Morgan fingerprint density at radius 1 is 0.963 bits per heavy atom. The molecule has 1 aliphatic rings. The molecule has 0 aromatic heterocycles. The largest absolute Gasteiger partial charge is 0.504 e. The second-order valence-corrected chi connectivity index (χ2v) is 10.4. The average molecular weight is 422 g/mol. The van der Waals surface area contributed by atoms with Crippen LogP contribution in [0.25, 0.3) is 0 Å². The lowest BCUT2D eigenvalue weighted by atomic mass is 9.91. The standard InChI is InChI=1S/C15H18O10S2/c1-23-10-6-8(4-5-9(10)16)11-12(14(17)24-2)26(19,20)7-27(21,22)13(11)15(18)25-3/h4-6,11-13,16H,7H2,1-3H3. The molecule has 10 nitrogen and oxygen atoms in total. The predicted molar refractivity (Wildman–Crippen MR) is 91.7 cm³/mol. The lowest BCUT2D eigenvalue weighted by molar-refractivity contribution is -0.142. The van der Waals surface area contributed by atoms with Crippen molar-refractivity contribution in [3.63, 3.8) is 0 Å². The molecular weight excluding hydrogens is 404 g/mol. The Hall–Kier alpha value is -2.34. The smallest absolute Gasteiger partial charge is 0.324 e. The third-order valence-electron chi connectivity index (χ3n) is 4.21. The Morgan fingerprint density at radius 3 is 1.85 bits per heavy atom. The van der Waals surface area contributed by atoms with Crippen molar-refractivity contribution < 1.29 is 45.7 Å².